The van der Waals surface area contributed by atoms with Crippen LogP contribution in [0.25, 0.3) is 16.8 Å². The van der Waals surface area contributed by atoms with E-state index in [0.29, 0.717) is 18.1 Å². The molecule has 0 aromatic heterocycles. The highest BCUT2D eigenvalue weighted by molar-refractivity contribution is 6.30. The van der Waals surface area contributed by atoms with Crippen molar-refractivity contribution in [3.05, 3.63) is 76.8 Å². The Labute approximate surface area is 180 Å². The number of benzene rings is 3. The van der Waals surface area contributed by atoms with Crippen LogP contribution in [0.5, 0.6) is 11.5 Å². The minimum atomic E-state index is -0.414. The average Bonchev–Trinajstić information content (AvgIpc) is 2.73. The number of phenols is 2. The van der Waals surface area contributed by atoms with Crippen LogP contribution in [0, 0.1) is 0 Å². The highest BCUT2D eigenvalue weighted by Gasteiger charge is 2.09. The van der Waals surface area contributed by atoms with Crippen LogP contribution in [0.15, 0.2) is 60.7 Å². The molecule has 0 saturated carbocycles. The van der Waals surface area contributed by atoms with Gasteiger partial charge in [-0.3, -0.25) is 4.90 Å². The molecule has 0 bridgehead atoms. The number of aromatic hydroxyl groups is 2. The summed E-state index contributed by atoms with van der Waals surface area (Å²) in [5.41, 5.74) is 1.61. The first-order chi connectivity index (χ1) is 14.4. The SMILES string of the molecule is CCN(CCOC(=O)/C=C/c1ccc2cc(O)ccc2c1)Cc1cc(Cl)ccc1O. The van der Waals surface area contributed by atoms with Gasteiger partial charge in [0.1, 0.15) is 18.1 Å². The van der Waals surface area contributed by atoms with Crippen molar-refractivity contribution in [3.63, 3.8) is 0 Å². The lowest BCUT2D eigenvalue weighted by atomic mass is 10.1. The third-order valence-corrected chi connectivity index (χ3v) is 5.03. The van der Waals surface area contributed by atoms with Gasteiger partial charge in [0.15, 0.2) is 0 Å². The van der Waals surface area contributed by atoms with Crippen molar-refractivity contribution in [1.29, 1.82) is 0 Å². The Bertz CT molecular complexity index is 1060. The molecule has 0 atom stereocenters. The van der Waals surface area contributed by atoms with Crippen molar-refractivity contribution < 1.29 is 19.7 Å². The van der Waals surface area contributed by atoms with E-state index in [1.54, 1.807) is 36.4 Å². The summed E-state index contributed by atoms with van der Waals surface area (Å²) >= 11 is 6.00. The zero-order valence-corrected chi connectivity index (χ0v) is 17.5. The van der Waals surface area contributed by atoms with Crippen molar-refractivity contribution in [1.82, 2.24) is 4.90 Å². The highest BCUT2D eigenvalue weighted by Crippen LogP contribution is 2.23. The van der Waals surface area contributed by atoms with Gasteiger partial charge in [-0.1, -0.05) is 36.7 Å². The zero-order valence-electron chi connectivity index (χ0n) is 16.7. The molecule has 0 aliphatic rings. The molecule has 6 heteroatoms. The van der Waals surface area contributed by atoms with Crippen LogP contribution < -0.4 is 0 Å². The molecule has 0 spiro atoms. The van der Waals surface area contributed by atoms with E-state index in [-0.39, 0.29) is 18.1 Å². The van der Waals surface area contributed by atoms with Crippen LogP contribution in [0.2, 0.25) is 5.02 Å². The number of phenolic OH excluding ortho intramolecular Hbond substituents is 2. The Morgan fingerprint density at radius 3 is 2.63 bits per heavy atom. The van der Waals surface area contributed by atoms with E-state index in [0.717, 1.165) is 28.4 Å². The van der Waals surface area contributed by atoms with Crippen LogP contribution >= 0.6 is 11.6 Å². The lowest BCUT2D eigenvalue weighted by molar-refractivity contribution is -0.138. The molecule has 3 aromatic rings. The van der Waals surface area contributed by atoms with Gasteiger partial charge in [-0.25, -0.2) is 4.79 Å². The minimum Gasteiger partial charge on any atom is -0.508 e. The first kappa shape index (κ1) is 21.7. The van der Waals surface area contributed by atoms with E-state index in [9.17, 15) is 15.0 Å². The molecule has 0 heterocycles. The first-order valence-corrected chi connectivity index (χ1v) is 10.1. The summed E-state index contributed by atoms with van der Waals surface area (Å²) in [6.07, 6.45) is 3.11. The number of esters is 1. The number of hydrogen-bond acceptors (Lipinski definition) is 5. The number of likely N-dealkylation sites (N-methyl/N-ethyl adjacent to an activating group) is 1. The number of carbonyl (C=O) groups excluding carboxylic acids is 1. The molecule has 156 valence electrons. The van der Waals surface area contributed by atoms with Crippen molar-refractivity contribution >= 4 is 34.4 Å². The minimum absolute atomic E-state index is 0.198. The van der Waals surface area contributed by atoms with Crippen LogP contribution in [0.4, 0.5) is 0 Å². The Morgan fingerprint density at radius 1 is 1.07 bits per heavy atom. The first-order valence-electron chi connectivity index (χ1n) is 9.72. The molecule has 0 amide bonds. The summed E-state index contributed by atoms with van der Waals surface area (Å²) in [4.78, 5) is 14.1. The number of nitrogens with zero attached hydrogens (tertiary/aromatic N) is 1. The number of halogens is 1. The van der Waals surface area contributed by atoms with Gasteiger partial charge in [-0.05, 0) is 65.4 Å². The fraction of sp³-hybridized carbons (Fsp3) is 0.208. The van der Waals surface area contributed by atoms with E-state index in [1.807, 2.05) is 31.2 Å². The van der Waals surface area contributed by atoms with E-state index < -0.39 is 5.97 Å². The molecule has 0 fully saturated rings. The molecular weight excluding hydrogens is 402 g/mol. The van der Waals surface area contributed by atoms with Gasteiger partial charge in [0.05, 0.1) is 0 Å². The van der Waals surface area contributed by atoms with Crippen molar-refractivity contribution in [2.75, 3.05) is 19.7 Å². The normalized spacial score (nSPS) is 11.4. The van der Waals surface area contributed by atoms with E-state index >= 15 is 0 Å². The maximum atomic E-state index is 12.0. The Kier molecular flexibility index (Phi) is 7.33. The average molecular weight is 426 g/mol. The summed E-state index contributed by atoms with van der Waals surface area (Å²) < 4.78 is 5.30. The van der Waals surface area contributed by atoms with Gasteiger partial charge in [0.25, 0.3) is 0 Å². The summed E-state index contributed by atoms with van der Waals surface area (Å²) in [6.45, 7) is 4.05. The second-order valence-electron chi connectivity index (χ2n) is 6.93. The second-order valence-corrected chi connectivity index (χ2v) is 7.37. The summed E-state index contributed by atoms with van der Waals surface area (Å²) in [5.74, 6) is 0.00639. The maximum absolute atomic E-state index is 12.0. The highest BCUT2D eigenvalue weighted by atomic mass is 35.5. The van der Waals surface area contributed by atoms with Gasteiger partial charge in [-0.15, -0.1) is 0 Å². The molecular formula is C24H24ClNO4. The van der Waals surface area contributed by atoms with E-state index in [1.165, 1.54) is 6.08 Å². The molecule has 0 aliphatic carbocycles. The molecule has 0 radical (unpaired) electrons. The van der Waals surface area contributed by atoms with Crippen molar-refractivity contribution in [3.8, 4) is 11.5 Å². The number of rotatable bonds is 8. The van der Waals surface area contributed by atoms with Crippen molar-refractivity contribution in [2.45, 2.75) is 13.5 Å². The molecule has 3 rings (SSSR count). The number of fused-ring (bicyclic) bond motifs is 1. The molecule has 2 N–H and O–H groups in total. The Hall–Kier alpha value is -3.02. The molecule has 0 aliphatic heterocycles. The third-order valence-electron chi connectivity index (χ3n) is 4.79. The van der Waals surface area contributed by atoms with Crippen LogP contribution in [0.1, 0.15) is 18.1 Å². The summed E-state index contributed by atoms with van der Waals surface area (Å²) in [7, 11) is 0. The monoisotopic (exact) mass is 425 g/mol. The fourth-order valence-electron chi connectivity index (χ4n) is 3.11. The number of carbonyl (C=O) groups is 1. The Morgan fingerprint density at radius 2 is 1.83 bits per heavy atom. The fourth-order valence-corrected chi connectivity index (χ4v) is 3.31. The predicted octanol–water partition coefficient (Wildman–Crippen LogP) is 4.98. The zero-order chi connectivity index (χ0) is 21.5. The van der Waals surface area contributed by atoms with Crippen molar-refractivity contribution in [2.24, 2.45) is 0 Å². The van der Waals surface area contributed by atoms with Crippen LogP contribution in [-0.4, -0.2) is 40.8 Å². The van der Waals surface area contributed by atoms with E-state index in [2.05, 4.69) is 4.90 Å². The Balaban J connectivity index is 1.51. The van der Waals surface area contributed by atoms with E-state index in [4.69, 9.17) is 16.3 Å². The van der Waals surface area contributed by atoms with Gasteiger partial charge >= 0.3 is 5.97 Å². The molecule has 0 saturated heterocycles. The van der Waals surface area contributed by atoms with Gasteiger partial charge < -0.3 is 14.9 Å². The smallest absolute Gasteiger partial charge is 0.330 e. The number of hydrogen-bond donors (Lipinski definition) is 2. The lowest BCUT2D eigenvalue weighted by Gasteiger charge is -2.20. The summed E-state index contributed by atoms with van der Waals surface area (Å²) in [5, 5.41) is 22.0. The molecule has 30 heavy (non-hydrogen) atoms. The molecule has 3 aromatic carbocycles. The topological polar surface area (TPSA) is 70.0 Å². The van der Waals surface area contributed by atoms with Gasteiger partial charge in [0.2, 0.25) is 0 Å². The standard InChI is InChI=1S/C24H24ClNO4/c1-2-26(16-20-14-21(25)7-9-23(20)28)11-12-30-24(29)10-4-17-3-5-19-15-22(27)8-6-18(19)13-17/h3-10,13-15,27-28H,2,11-12,16H2,1H3/b10-4+. The third kappa shape index (κ3) is 5.99. The lowest BCUT2D eigenvalue weighted by Crippen LogP contribution is -2.27. The van der Waals surface area contributed by atoms with Gasteiger partial charge in [0, 0.05) is 29.8 Å². The predicted molar refractivity (Wildman–Crippen MR) is 120 cm³/mol. The number of ether oxygens (including phenoxy) is 1. The summed E-state index contributed by atoms with van der Waals surface area (Å²) in [6, 6.07) is 15.8. The van der Waals surface area contributed by atoms with Crippen LogP contribution in [-0.2, 0) is 16.1 Å². The molecule has 5 nitrogen and oxygen atoms in total. The van der Waals surface area contributed by atoms with Gasteiger partial charge in [-0.2, -0.15) is 0 Å². The molecule has 0 unspecified atom stereocenters. The quantitative estimate of drug-likeness (QED) is 0.393. The van der Waals surface area contributed by atoms with Crippen LogP contribution in [0.3, 0.4) is 0 Å². The second kappa shape index (κ2) is 10.1. The maximum Gasteiger partial charge on any atom is 0.330 e. The largest absolute Gasteiger partial charge is 0.508 e.